The Bertz CT molecular complexity index is 386. The molecule has 0 heterocycles. The van der Waals surface area contributed by atoms with E-state index in [1.807, 2.05) is 6.07 Å². The van der Waals surface area contributed by atoms with Crippen molar-refractivity contribution in [3.63, 3.8) is 0 Å². The van der Waals surface area contributed by atoms with E-state index in [0.29, 0.717) is 4.47 Å². The van der Waals surface area contributed by atoms with E-state index in [2.05, 4.69) is 48.7 Å². The smallest absolute Gasteiger partial charge is 0.349 e. The highest BCUT2D eigenvalue weighted by molar-refractivity contribution is 9.10. The van der Waals surface area contributed by atoms with E-state index >= 15 is 0 Å². The molecule has 0 atom stereocenters. The third-order valence-corrected chi connectivity index (χ3v) is 4.91. The van der Waals surface area contributed by atoms with E-state index in [4.69, 9.17) is 4.43 Å². The lowest BCUT2D eigenvalue weighted by molar-refractivity contribution is -0.269. The second kappa shape index (κ2) is 4.93. The van der Waals surface area contributed by atoms with Gasteiger partial charge in [0.05, 0.1) is 13.1 Å². The van der Waals surface area contributed by atoms with Crippen molar-refractivity contribution < 1.29 is 9.53 Å². The molecule has 0 saturated heterocycles. The van der Waals surface area contributed by atoms with Gasteiger partial charge < -0.3 is 9.53 Å². The molecule has 1 aromatic rings. The van der Waals surface area contributed by atoms with Crippen LogP contribution in [0.3, 0.4) is 0 Å². The van der Waals surface area contributed by atoms with Gasteiger partial charge in [-0.25, -0.2) is 0 Å². The van der Waals surface area contributed by atoms with E-state index < -0.39 is 17.1 Å². The maximum absolute atomic E-state index is 11.6. The summed E-state index contributed by atoms with van der Waals surface area (Å²) in [6.45, 7) is 10.8. The summed E-state index contributed by atoms with van der Waals surface area (Å²) in [5, 5.41) is 12.7. The van der Waals surface area contributed by atoms with Crippen LogP contribution in [0.1, 0.15) is 0 Å². The largest absolute Gasteiger partial charge is 0.872 e. The van der Waals surface area contributed by atoms with Crippen LogP contribution in [0.5, 0.6) is 11.5 Å². The molecule has 0 fully saturated rings. The lowest BCUT2D eigenvalue weighted by Crippen LogP contribution is -2.35. The van der Waals surface area contributed by atoms with Crippen molar-refractivity contribution in [2.45, 2.75) is 32.7 Å². The van der Waals surface area contributed by atoms with Gasteiger partial charge in [-0.15, -0.1) is 0 Å². The van der Waals surface area contributed by atoms with Crippen LogP contribution >= 0.6 is 15.9 Å². The number of halogens is 1. The fraction of sp³-hybridized carbons (Fsp3) is 0.455. The first-order valence-corrected chi connectivity index (χ1v) is 11.9. The SMILES string of the molecule is C[Si+](C)c1cc([O-])c(Br)cc1O[Si](C)(C)C. The minimum atomic E-state index is -1.62. The quantitative estimate of drug-likeness (QED) is 0.803. The van der Waals surface area contributed by atoms with Crippen molar-refractivity contribution in [2.75, 3.05) is 0 Å². The van der Waals surface area contributed by atoms with Gasteiger partial charge in [0.25, 0.3) is 0 Å². The monoisotopic (exact) mass is 316 g/mol. The Labute approximate surface area is 109 Å². The molecule has 1 aromatic carbocycles. The predicted octanol–water partition coefficient (Wildman–Crippen LogP) is 2.70. The van der Waals surface area contributed by atoms with Crippen molar-refractivity contribution >= 4 is 38.2 Å². The molecule has 2 nitrogen and oxygen atoms in total. The molecule has 0 spiro atoms. The average Bonchev–Trinajstić information content (AvgIpc) is 2.07. The fourth-order valence-electron chi connectivity index (χ4n) is 1.34. The highest BCUT2D eigenvalue weighted by Gasteiger charge is 2.26. The number of hydrogen-bond acceptors (Lipinski definition) is 2. The zero-order chi connectivity index (χ0) is 12.5. The molecule has 0 aromatic heterocycles. The molecule has 0 unspecified atom stereocenters. The van der Waals surface area contributed by atoms with Crippen LogP contribution in [0.25, 0.3) is 0 Å². The molecule has 0 aliphatic carbocycles. The minimum Gasteiger partial charge on any atom is -0.872 e. The standard InChI is InChI=1S/C11H17BrO2Si2/c1-15(2)11-7-9(13)8(12)6-10(11)14-16(3,4)5/h6-7H,1-5H3. The second-order valence-corrected chi connectivity index (χ2v) is 12.8. The minimum absolute atomic E-state index is 0.0455. The van der Waals surface area contributed by atoms with Crippen LogP contribution in [-0.4, -0.2) is 17.1 Å². The van der Waals surface area contributed by atoms with Crippen LogP contribution in [-0.2, 0) is 0 Å². The molecule has 0 bridgehead atoms. The van der Waals surface area contributed by atoms with Crippen LogP contribution in [0.15, 0.2) is 16.6 Å². The lowest BCUT2D eigenvalue weighted by Gasteiger charge is -2.22. The summed E-state index contributed by atoms with van der Waals surface area (Å²) in [7, 11) is -2.30. The summed E-state index contributed by atoms with van der Waals surface area (Å²) in [6.07, 6.45) is 0. The molecule has 5 heteroatoms. The summed E-state index contributed by atoms with van der Waals surface area (Å²) in [5.74, 6) is 0.939. The maximum atomic E-state index is 11.6. The van der Waals surface area contributed by atoms with Crippen molar-refractivity contribution in [1.82, 2.24) is 0 Å². The Morgan fingerprint density at radius 1 is 1.25 bits per heavy atom. The Morgan fingerprint density at radius 2 is 1.81 bits per heavy atom. The predicted molar refractivity (Wildman–Crippen MR) is 74.7 cm³/mol. The van der Waals surface area contributed by atoms with Gasteiger partial charge in [-0.1, -0.05) is 21.7 Å². The molecule has 0 aliphatic heterocycles. The topological polar surface area (TPSA) is 32.3 Å². The first-order chi connectivity index (χ1) is 7.20. The average molecular weight is 317 g/mol. The van der Waals surface area contributed by atoms with E-state index in [-0.39, 0.29) is 5.75 Å². The Balaban J connectivity index is 3.20. The van der Waals surface area contributed by atoms with Crippen LogP contribution in [0.4, 0.5) is 0 Å². The summed E-state index contributed by atoms with van der Waals surface area (Å²) >= 11 is 3.27. The number of hydrogen-bond donors (Lipinski definition) is 0. The van der Waals surface area contributed by atoms with Gasteiger partial charge in [-0.3, -0.25) is 0 Å². The molecule has 16 heavy (non-hydrogen) atoms. The molecule has 1 rings (SSSR count). The van der Waals surface area contributed by atoms with Crippen molar-refractivity contribution in [2.24, 2.45) is 0 Å². The van der Waals surface area contributed by atoms with Gasteiger partial charge in [0.15, 0.2) is 0 Å². The van der Waals surface area contributed by atoms with Gasteiger partial charge in [-0.2, -0.15) is 0 Å². The number of benzene rings is 1. The third kappa shape index (κ3) is 3.64. The van der Waals surface area contributed by atoms with Gasteiger partial charge in [0.1, 0.15) is 10.9 Å². The number of rotatable bonds is 3. The van der Waals surface area contributed by atoms with Crippen molar-refractivity contribution in [3.8, 4) is 11.5 Å². The fourth-order valence-corrected chi connectivity index (χ4v) is 3.63. The zero-order valence-corrected chi connectivity index (χ0v) is 13.9. The highest BCUT2D eigenvalue weighted by Crippen LogP contribution is 2.26. The van der Waals surface area contributed by atoms with Gasteiger partial charge in [0, 0.05) is 4.47 Å². The normalized spacial score (nSPS) is 11.4. The molecular weight excluding hydrogens is 300 g/mol. The first kappa shape index (κ1) is 13.8. The summed E-state index contributed by atoms with van der Waals surface area (Å²) in [6, 6.07) is 3.54. The molecule has 0 N–H and O–H groups in total. The van der Waals surface area contributed by atoms with E-state index in [1.54, 1.807) is 6.07 Å². The Morgan fingerprint density at radius 3 is 2.25 bits per heavy atom. The maximum Gasteiger partial charge on any atom is 0.349 e. The van der Waals surface area contributed by atoms with Gasteiger partial charge in [0.2, 0.25) is 8.32 Å². The van der Waals surface area contributed by atoms with E-state index in [0.717, 1.165) is 10.9 Å². The Kier molecular flexibility index (Phi) is 4.25. The molecule has 0 amide bonds. The van der Waals surface area contributed by atoms with Gasteiger partial charge >= 0.3 is 8.80 Å². The summed E-state index contributed by atoms with van der Waals surface area (Å²) in [5.41, 5.74) is 0. The van der Waals surface area contributed by atoms with Crippen molar-refractivity contribution in [3.05, 3.63) is 16.6 Å². The molecule has 0 saturated carbocycles. The lowest BCUT2D eigenvalue weighted by atomic mass is 10.3. The van der Waals surface area contributed by atoms with E-state index in [1.165, 1.54) is 0 Å². The first-order valence-electron chi connectivity index (χ1n) is 5.21. The molecule has 0 aliphatic rings. The van der Waals surface area contributed by atoms with Crippen LogP contribution < -0.4 is 14.7 Å². The van der Waals surface area contributed by atoms with Crippen LogP contribution in [0.2, 0.25) is 32.7 Å². The molecule has 0 radical (unpaired) electrons. The molecule has 88 valence electrons. The summed E-state index contributed by atoms with van der Waals surface area (Å²) in [4.78, 5) is 0. The third-order valence-electron chi connectivity index (χ3n) is 1.99. The zero-order valence-electron chi connectivity index (χ0n) is 10.3. The molecular formula is C11H17BrO2Si2. The van der Waals surface area contributed by atoms with Crippen LogP contribution in [0, 0.1) is 0 Å². The second-order valence-electron chi connectivity index (χ2n) is 4.99. The van der Waals surface area contributed by atoms with Crippen molar-refractivity contribution in [1.29, 1.82) is 0 Å². The van der Waals surface area contributed by atoms with E-state index in [9.17, 15) is 5.11 Å². The highest BCUT2D eigenvalue weighted by atomic mass is 79.9. The Hall–Kier alpha value is -0.266. The summed E-state index contributed by atoms with van der Waals surface area (Å²) < 4.78 is 6.62. The van der Waals surface area contributed by atoms with Gasteiger partial charge in [-0.05, 0) is 31.8 Å².